The zero-order valence-electron chi connectivity index (χ0n) is 13.4. The molecule has 0 radical (unpaired) electrons. The van der Waals surface area contributed by atoms with Gasteiger partial charge in [-0.05, 0) is 29.7 Å². The van der Waals surface area contributed by atoms with Crippen LogP contribution in [0, 0.1) is 0 Å². The monoisotopic (exact) mass is 334 g/mol. The standard InChI is InChI=1S/C19H17F3O2/c1-17(13-6-4-3-5-7-13)12-18(17,16(23)24-2)14-8-10-15(11-9-14)19(20,21)22/h3-11H,12H2,1-2H3/t17-,18+/m1/s1. The van der Waals surface area contributed by atoms with Gasteiger partial charge >= 0.3 is 12.1 Å². The minimum absolute atomic E-state index is 0.423. The highest BCUT2D eigenvalue weighted by atomic mass is 19.4. The van der Waals surface area contributed by atoms with E-state index in [-0.39, 0.29) is 0 Å². The van der Waals surface area contributed by atoms with Crippen molar-refractivity contribution in [3.05, 3.63) is 71.3 Å². The Morgan fingerprint density at radius 3 is 2.08 bits per heavy atom. The molecular weight excluding hydrogens is 317 g/mol. The lowest BCUT2D eigenvalue weighted by Crippen LogP contribution is -2.30. The summed E-state index contributed by atoms with van der Waals surface area (Å²) in [7, 11) is 1.30. The molecule has 2 aromatic rings. The summed E-state index contributed by atoms with van der Waals surface area (Å²) >= 11 is 0. The van der Waals surface area contributed by atoms with Crippen molar-refractivity contribution in [1.82, 2.24) is 0 Å². The largest absolute Gasteiger partial charge is 0.468 e. The Hall–Kier alpha value is -2.30. The van der Waals surface area contributed by atoms with Crippen molar-refractivity contribution in [3.8, 4) is 0 Å². The zero-order valence-corrected chi connectivity index (χ0v) is 13.4. The fraction of sp³-hybridized carbons (Fsp3) is 0.316. The molecule has 2 aromatic carbocycles. The fourth-order valence-electron chi connectivity index (χ4n) is 3.59. The summed E-state index contributed by atoms with van der Waals surface area (Å²) in [6, 6.07) is 14.3. The van der Waals surface area contributed by atoms with Gasteiger partial charge in [-0.1, -0.05) is 49.4 Å². The molecule has 0 unspecified atom stereocenters. The van der Waals surface area contributed by atoms with Gasteiger partial charge in [0.2, 0.25) is 0 Å². The molecule has 24 heavy (non-hydrogen) atoms. The molecule has 0 amide bonds. The van der Waals surface area contributed by atoms with Crippen molar-refractivity contribution < 1.29 is 22.7 Å². The van der Waals surface area contributed by atoms with Gasteiger partial charge in [-0.3, -0.25) is 4.79 Å². The molecule has 0 saturated heterocycles. The maximum Gasteiger partial charge on any atom is 0.416 e. The van der Waals surface area contributed by atoms with Crippen molar-refractivity contribution in [2.24, 2.45) is 0 Å². The minimum Gasteiger partial charge on any atom is -0.468 e. The Labute approximate surface area is 138 Å². The lowest BCUT2D eigenvalue weighted by molar-refractivity contribution is -0.144. The van der Waals surface area contributed by atoms with Crippen molar-refractivity contribution in [1.29, 1.82) is 0 Å². The van der Waals surface area contributed by atoms with E-state index in [4.69, 9.17) is 4.74 Å². The lowest BCUT2D eigenvalue weighted by Gasteiger charge is -2.22. The number of esters is 1. The van der Waals surface area contributed by atoms with Gasteiger partial charge in [-0.15, -0.1) is 0 Å². The predicted molar refractivity (Wildman–Crippen MR) is 83.5 cm³/mol. The van der Waals surface area contributed by atoms with E-state index < -0.39 is 28.5 Å². The van der Waals surface area contributed by atoms with Crippen LogP contribution in [0.2, 0.25) is 0 Å². The van der Waals surface area contributed by atoms with Crippen LogP contribution in [0.3, 0.4) is 0 Å². The van der Waals surface area contributed by atoms with Crippen LogP contribution in [0.1, 0.15) is 30.0 Å². The van der Waals surface area contributed by atoms with Gasteiger partial charge in [0.25, 0.3) is 0 Å². The summed E-state index contributed by atoms with van der Waals surface area (Å²) in [6.07, 6.45) is -3.90. The number of hydrogen-bond donors (Lipinski definition) is 0. The molecule has 0 aromatic heterocycles. The molecule has 0 spiro atoms. The maximum absolute atomic E-state index is 12.8. The average Bonchev–Trinajstić information content (AvgIpc) is 3.23. The Bertz CT molecular complexity index is 752. The number of alkyl halides is 3. The van der Waals surface area contributed by atoms with E-state index in [1.807, 2.05) is 37.3 Å². The number of carbonyl (C=O) groups is 1. The van der Waals surface area contributed by atoms with E-state index >= 15 is 0 Å². The first-order valence-corrected chi connectivity index (χ1v) is 7.57. The average molecular weight is 334 g/mol. The van der Waals surface area contributed by atoms with Crippen LogP contribution in [0.15, 0.2) is 54.6 Å². The van der Waals surface area contributed by atoms with Crippen molar-refractivity contribution in [2.75, 3.05) is 7.11 Å². The van der Waals surface area contributed by atoms with Gasteiger partial charge in [0.05, 0.1) is 12.7 Å². The molecule has 5 heteroatoms. The summed E-state index contributed by atoms with van der Waals surface area (Å²) in [5.41, 5.74) is -0.661. The van der Waals surface area contributed by atoms with Crippen LogP contribution >= 0.6 is 0 Å². The first-order valence-electron chi connectivity index (χ1n) is 7.57. The second kappa shape index (κ2) is 5.36. The third kappa shape index (κ3) is 2.30. The van der Waals surface area contributed by atoms with Crippen LogP contribution in [0.5, 0.6) is 0 Å². The van der Waals surface area contributed by atoms with E-state index in [0.717, 1.165) is 17.7 Å². The molecular formula is C19H17F3O2. The van der Waals surface area contributed by atoms with E-state index in [0.29, 0.717) is 12.0 Å². The van der Waals surface area contributed by atoms with Crippen molar-refractivity contribution >= 4 is 5.97 Å². The normalized spacial score (nSPS) is 26.0. The number of carbonyl (C=O) groups excluding carboxylic acids is 1. The van der Waals surface area contributed by atoms with Crippen LogP contribution in [-0.4, -0.2) is 13.1 Å². The first-order chi connectivity index (χ1) is 11.3. The summed E-state index contributed by atoms with van der Waals surface area (Å²) in [6.45, 7) is 1.94. The van der Waals surface area contributed by atoms with Crippen molar-refractivity contribution in [3.63, 3.8) is 0 Å². The highest BCUT2D eigenvalue weighted by Crippen LogP contribution is 2.66. The molecule has 0 bridgehead atoms. The maximum atomic E-state index is 12.8. The third-order valence-corrected chi connectivity index (χ3v) is 5.09. The SMILES string of the molecule is COC(=O)[C@@]1(c2ccc(C(F)(F)F)cc2)C[C@]1(C)c1ccccc1. The van der Waals surface area contributed by atoms with Gasteiger partial charge in [-0.2, -0.15) is 13.2 Å². The number of rotatable bonds is 3. The second-order valence-corrected chi connectivity index (χ2v) is 6.35. The summed E-state index contributed by atoms with van der Waals surface area (Å²) < 4.78 is 43.3. The molecule has 0 heterocycles. The van der Waals surface area contributed by atoms with E-state index in [9.17, 15) is 18.0 Å². The van der Waals surface area contributed by atoms with E-state index in [2.05, 4.69) is 0 Å². The number of methoxy groups -OCH3 is 1. The molecule has 1 aliphatic rings. The van der Waals surface area contributed by atoms with E-state index in [1.54, 1.807) is 0 Å². The van der Waals surface area contributed by atoms with Crippen molar-refractivity contribution in [2.45, 2.75) is 30.4 Å². The number of halogens is 3. The molecule has 1 saturated carbocycles. The smallest absolute Gasteiger partial charge is 0.416 e. The van der Waals surface area contributed by atoms with Gasteiger partial charge < -0.3 is 4.74 Å². The summed E-state index contributed by atoms with van der Waals surface area (Å²) in [5.74, 6) is -0.423. The Morgan fingerprint density at radius 1 is 1.00 bits per heavy atom. The third-order valence-electron chi connectivity index (χ3n) is 5.09. The quantitative estimate of drug-likeness (QED) is 0.774. The van der Waals surface area contributed by atoms with Gasteiger partial charge in [0, 0.05) is 5.41 Å². The van der Waals surface area contributed by atoms with Gasteiger partial charge in [0.15, 0.2) is 0 Å². The lowest BCUT2D eigenvalue weighted by atomic mass is 9.82. The minimum atomic E-state index is -4.40. The predicted octanol–water partition coefficient (Wildman–Crippen LogP) is 4.48. The summed E-state index contributed by atoms with van der Waals surface area (Å²) in [5, 5.41) is 0. The molecule has 2 nitrogen and oxygen atoms in total. The number of ether oxygens (including phenoxy) is 1. The molecule has 2 atom stereocenters. The first kappa shape index (κ1) is 16.6. The highest BCUT2D eigenvalue weighted by molar-refractivity contribution is 5.91. The molecule has 0 aliphatic heterocycles. The van der Waals surface area contributed by atoms with E-state index in [1.165, 1.54) is 19.2 Å². The molecule has 126 valence electrons. The Morgan fingerprint density at radius 2 is 1.58 bits per heavy atom. The zero-order chi connectivity index (χ0) is 17.6. The highest BCUT2D eigenvalue weighted by Gasteiger charge is 2.71. The fourth-order valence-corrected chi connectivity index (χ4v) is 3.59. The van der Waals surface area contributed by atoms with Crippen LogP contribution < -0.4 is 0 Å². The topological polar surface area (TPSA) is 26.3 Å². The van der Waals surface area contributed by atoms with Crippen LogP contribution in [0.25, 0.3) is 0 Å². The van der Waals surface area contributed by atoms with Gasteiger partial charge in [-0.25, -0.2) is 0 Å². The Kier molecular flexibility index (Phi) is 3.70. The summed E-state index contributed by atoms with van der Waals surface area (Å²) in [4.78, 5) is 12.5. The van der Waals surface area contributed by atoms with Gasteiger partial charge in [0.1, 0.15) is 5.41 Å². The number of benzene rings is 2. The molecule has 3 rings (SSSR count). The Balaban J connectivity index is 2.06. The molecule has 0 N–H and O–H groups in total. The van der Waals surface area contributed by atoms with Crippen LogP contribution in [0.4, 0.5) is 13.2 Å². The number of hydrogen-bond acceptors (Lipinski definition) is 2. The molecule has 1 fully saturated rings. The van der Waals surface area contributed by atoms with Crippen LogP contribution in [-0.2, 0) is 26.5 Å². The molecule has 1 aliphatic carbocycles. The second-order valence-electron chi connectivity index (χ2n) is 6.35.